The predicted molar refractivity (Wildman–Crippen MR) is 44.7 cm³/mol. The third-order valence-electron chi connectivity index (χ3n) is 2.01. The lowest BCUT2D eigenvalue weighted by molar-refractivity contribution is 0.418. The van der Waals surface area contributed by atoms with Crippen LogP contribution in [0, 0.1) is 6.92 Å². The van der Waals surface area contributed by atoms with Gasteiger partial charge in [-0.3, -0.25) is 0 Å². The van der Waals surface area contributed by atoms with Crippen LogP contribution in [0.5, 0.6) is 0 Å². The van der Waals surface area contributed by atoms with Crippen LogP contribution in [0.25, 0.3) is 0 Å². The number of furan rings is 1. The van der Waals surface area contributed by atoms with Gasteiger partial charge in [-0.25, -0.2) is 5.43 Å². The number of hydrogen-bond donors (Lipinski definition) is 3. The number of nitrogens with one attached hydrogen (secondary N) is 2. The largest absolute Gasteiger partial charge is 0.469 e. The van der Waals surface area contributed by atoms with Crippen molar-refractivity contribution in [3.05, 3.63) is 35.9 Å². The molecule has 1 aromatic heterocycles. The zero-order valence-electron chi connectivity index (χ0n) is 6.79. The Bertz CT molecular complexity index is 318. The van der Waals surface area contributed by atoms with Gasteiger partial charge in [0.15, 0.2) is 0 Å². The van der Waals surface area contributed by atoms with Gasteiger partial charge in [-0.15, -0.1) is 0 Å². The number of rotatable bonds is 1. The minimum Gasteiger partial charge on any atom is -0.469 e. The highest BCUT2D eigenvalue weighted by molar-refractivity contribution is 5.31. The first-order valence-electron chi connectivity index (χ1n) is 3.76. The molecule has 0 aliphatic carbocycles. The number of hydrogen-bond acceptors (Lipinski definition) is 4. The van der Waals surface area contributed by atoms with Gasteiger partial charge < -0.3 is 15.6 Å². The van der Waals surface area contributed by atoms with Crippen molar-refractivity contribution in [1.29, 1.82) is 0 Å². The van der Waals surface area contributed by atoms with E-state index in [1.54, 1.807) is 12.5 Å². The van der Waals surface area contributed by atoms with Crippen molar-refractivity contribution in [1.82, 2.24) is 10.9 Å². The van der Waals surface area contributed by atoms with Crippen LogP contribution in [-0.2, 0) is 5.66 Å². The molecule has 0 amide bonds. The maximum Gasteiger partial charge on any atom is 0.133 e. The summed E-state index contributed by atoms with van der Waals surface area (Å²) in [5, 5.41) is 0. The molecule has 0 fully saturated rings. The first-order chi connectivity index (χ1) is 5.72. The maximum absolute atomic E-state index is 6.01. The zero-order chi connectivity index (χ0) is 8.60. The molecule has 1 aliphatic rings. The molecule has 0 saturated carbocycles. The van der Waals surface area contributed by atoms with Crippen LogP contribution < -0.4 is 16.6 Å². The van der Waals surface area contributed by atoms with Crippen molar-refractivity contribution in [2.45, 2.75) is 12.6 Å². The molecule has 12 heavy (non-hydrogen) atoms. The summed E-state index contributed by atoms with van der Waals surface area (Å²) in [6, 6.07) is 1.86. The van der Waals surface area contributed by atoms with E-state index < -0.39 is 5.66 Å². The molecule has 4 nitrogen and oxygen atoms in total. The molecule has 0 saturated heterocycles. The van der Waals surface area contributed by atoms with Crippen molar-refractivity contribution >= 4 is 0 Å². The molecule has 1 aromatic rings. The summed E-state index contributed by atoms with van der Waals surface area (Å²) in [5.74, 6) is 0.832. The van der Waals surface area contributed by atoms with E-state index >= 15 is 0 Å². The van der Waals surface area contributed by atoms with Gasteiger partial charge in [-0.05, 0) is 19.1 Å². The second-order valence-corrected chi connectivity index (χ2v) is 2.86. The summed E-state index contributed by atoms with van der Waals surface area (Å²) < 4.78 is 5.16. The molecule has 0 bridgehead atoms. The normalized spacial score (nSPS) is 27.5. The Hall–Kier alpha value is -1.26. The molecule has 4 heteroatoms. The highest BCUT2D eigenvalue weighted by Crippen LogP contribution is 2.22. The fraction of sp³-hybridized carbons (Fsp3) is 0.250. The monoisotopic (exact) mass is 165 g/mol. The van der Waals surface area contributed by atoms with Crippen LogP contribution in [-0.4, -0.2) is 0 Å². The topological polar surface area (TPSA) is 63.2 Å². The Morgan fingerprint density at radius 2 is 2.42 bits per heavy atom. The van der Waals surface area contributed by atoms with E-state index in [9.17, 15) is 0 Å². The highest BCUT2D eigenvalue weighted by Gasteiger charge is 2.29. The van der Waals surface area contributed by atoms with E-state index in [0.717, 1.165) is 11.3 Å². The Labute approximate surface area is 70.4 Å². The summed E-state index contributed by atoms with van der Waals surface area (Å²) in [6.07, 6.45) is 5.25. The molecule has 1 atom stereocenters. The molecular formula is C8H11N3O. The fourth-order valence-electron chi connectivity index (χ4n) is 1.35. The van der Waals surface area contributed by atoms with Crippen molar-refractivity contribution in [2.75, 3.05) is 0 Å². The number of aryl methyl sites for hydroxylation is 1. The van der Waals surface area contributed by atoms with Crippen LogP contribution in [0.2, 0.25) is 0 Å². The number of nitrogens with two attached hydrogens (primary N) is 1. The van der Waals surface area contributed by atoms with Crippen LogP contribution in [0.3, 0.4) is 0 Å². The van der Waals surface area contributed by atoms with Crippen molar-refractivity contribution in [3.63, 3.8) is 0 Å². The van der Waals surface area contributed by atoms with Crippen molar-refractivity contribution in [3.8, 4) is 0 Å². The molecule has 1 aliphatic heterocycles. The molecule has 64 valence electrons. The third kappa shape index (κ3) is 0.929. The Balaban J connectivity index is 2.41. The predicted octanol–water partition coefficient (Wildman–Crippen LogP) is 0.321. The molecule has 0 aromatic carbocycles. The third-order valence-corrected chi connectivity index (χ3v) is 2.01. The van der Waals surface area contributed by atoms with Gasteiger partial charge in [0.05, 0.1) is 6.26 Å². The second kappa shape index (κ2) is 2.36. The second-order valence-electron chi connectivity index (χ2n) is 2.86. The van der Waals surface area contributed by atoms with Gasteiger partial charge in [0.1, 0.15) is 11.4 Å². The smallest absolute Gasteiger partial charge is 0.133 e. The van der Waals surface area contributed by atoms with E-state index in [2.05, 4.69) is 10.9 Å². The van der Waals surface area contributed by atoms with Crippen LogP contribution in [0.4, 0.5) is 0 Å². The summed E-state index contributed by atoms with van der Waals surface area (Å²) >= 11 is 0. The van der Waals surface area contributed by atoms with Gasteiger partial charge in [-0.2, -0.15) is 0 Å². The minimum atomic E-state index is -0.628. The lowest BCUT2D eigenvalue weighted by Crippen LogP contribution is -2.49. The molecule has 2 heterocycles. The summed E-state index contributed by atoms with van der Waals surface area (Å²) in [6.45, 7) is 1.89. The molecule has 1 unspecified atom stereocenters. The van der Waals surface area contributed by atoms with E-state index in [1.165, 1.54) is 0 Å². The fourth-order valence-corrected chi connectivity index (χ4v) is 1.35. The SMILES string of the molecule is Cc1occc1C1(N)C=CNN1. The van der Waals surface area contributed by atoms with Gasteiger partial charge in [0.2, 0.25) is 0 Å². The van der Waals surface area contributed by atoms with Gasteiger partial charge >= 0.3 is 0 Å². The Morgan fingerprint density at radius 1 is 1.58 bits per heavy atom. The first kappa shape index (κ1) is 7.39. The molecule has 2 rings (SSSR count). The quantitative estimate of drug-likeness (QED) is 0.561. The number of hydrazine groups is 1. The minimum absolute atomic E-state index is 0.628. The van der Waals surface area contributed by atoms with Crippen molar-refractivity contribution < 1.29 is 4.42 Å². The van der Waals surface area contributed by atoms with Crippen molar-refractivity contribution in [2.24, 2.45) is 5.73 Å². The Morgan fingerprint density at radius 3 is 2.92 bits per heavy atom. The summed E-state index contributed by atoms with van der Waals surface area (Å²) in [5.41, 5.74) is 12.1. The van der Waals surface area contributed by atoms with Crippen LogP contribution >= 0.6 is 0 Å². The average molecular weight is 165 g/mol. The maximum atomic E-state index is 6.01. The molecule has 0 radical (unpaired) electrons. The van der Waals surface area contributed by atoms with E-state index in [1.807, 2.05) is 19.1 Å². The lowest BCUT2D eigenvalue weighted by Gasteiger charge is -2.21. The lowest BCUT2D eigenvalue weighted by atomic mass is 10.0. The van der Waals surface area contributed by atoms with Crippen LogP contribution in [0.1, 0.15) is 11.3 Å². The summed E-state index contributed by atoms with van der Waals surface area (Å²) in [4.78, 5) is 0. The van der Waals surface area contributed by atoms with Gasteiger partial charge in [0, 0.05) is 11.8 Å². The first-order valence-corrected chi connectivity index (χ1v) is 3.76. The van der Waals surface area contributed by atoms with Gasteiger partial charge in [-0.1, -0.05) is 0 Å². The van der Waals surface area contributed by atoms with Gasteiger partial charge in [0.25, 0.3) is 0 Å². The van der Waals surface area contributed by atoms with Crippen LogP contribution in [0.15, 0.2) is 29.0 Å². The zero-order valence-corrected chi connectivity index (χ0v) is 6.79. The molecule has 0 spiro atoms. The van der Waals surface area contributed by atoms with E-state index in [4.69, 9.17) is 10.2 Å². The Kier molecular flexibility index (Phi) is 1.46. The van der Waals surface area contributed by atoms with E-state index in [-0.39, 0.29) is 0 Å². The molecular weight excluding hydrogens is 154 g/mol. The van der Waals surface area contributed by atoms with E-state index in [0.29, 0.717) is 0 Å². The highest BCUT2D eigenvalue weighted by atomic mass is 16.3. The average Bonchev–Trinajstić information content (AvgIpc) is 2.59. The summed E-state index contributed by atoms with van der Waals surface area (Å²) in [7, 11) is 0. The molecule has 4 N–H and O–H groups in total. The standard InChI is InChI=1S/C8H11N3O/c1-6-7(2-5-12-6)8(9)3-4-10-11-8/h2-5,10-11H,9H2,1H3.